The van der Waals surface area contributed by atoms with Gasteiger partial charge in [0.15, 0.2) is 5.82 Å². The molecule has 5 nitrogen and oxygen atoms in total. The SMILES string of the molecule is NC1(c2nc(Cc3ccccc3Br)no2)CCOCC1. The third-order valence-corrected chi connectivity index (χ3v) is 4.36. The maximum absolute atomic E-state index is 6.33. The van der Waals surface area contributed by atoms with Crippen molar-refractivity contribution in [2.24, 2.45) is 5.73 Å². The largest absolute Gasteiger partial charge is 0.381 e. The number of nitrogens with zero attached hydrogens (tertiary/aromatic N) is 2. The lowest BCUT2D eigenvalue weighted by molar-refractivity contribution is 0.0400. The highest BCUT2D eigenvalue weighted by Gasteiger charge is 2.35. The molecule has 0 bridgehead atoms. The fraction of sp³-hybridized carbons (Fsp3) is 0.429. The summed E-state index contributed by atoms with van der Waals surface area (Å²) in [6, 6.07) is 8.00. The molecule has 0 unspecified atom stereocenters. The zero-order chi connectivity index (χ0) is 14.0. The number of benzene rings is 1. The molecule has 6 heteroatoms. The highest BCUT2D eigenvalue weighted by atomic mass is 79.9. The standard InChI is InChI=1S/C14H16BrN3O2/c15-11-4-2-1-3-10(11)9-12-17-13(20-18-12)14(16)5-7-19-8-6-14/h1-4H,5-9,16H2. The van der Waals surface area contributed by atoms with Crippen molar-refractivity contribution in [1.82, 2.24) is 10.1 Å². The van der Waals surface area contributed by atoms with Crippen molar-refractivity contribution < 1.29 is 9.26 Å². The summed E-state index contributed by atoms with van der Waals surface area (Å²) in [4.78, 5) is 4.46. The van der Waals surface area contributed by atoms with E-state index in [9.17, 15) is 0 Å². The van der Waals surface area contributed by atoms with Crippen LogP contribution in [0.4, 0.5) is 0 Å². The smallest absolute Gasteiger partial charge is 0.246 e. The number of aromatic nitrogens is 2. The summed E-state index contributed by atoms with van der Waals surface area (Å²) in [5, 5.41) is 4.05. The van der Waals surface area contributed by atoms with Gasteiger partial charge in [0.05, 0.1) is 0 Å². The van der Waals surface area contributed by atoms with E-state index in [0.29, 0.717) is 44.2 Å². The lowest BCUT2D eigenvalue weighted by Crippen LogP contribution is -2.42. The van der Waals surface area contributed by atoms with Crippen molar-refractivity contribution in [3.8, 4) is 0 Å². The molecule has 0 radical (unpaired) electrons. The van der Waals surface area contributed by atoms with E-state index < -0.39 is 5.54 Å². The number of ether oxygens (including phenoxy) is 1. The predicted molar refractivity (Wildman–Crippen MR) is 77.2 cm³/mol. The Bertz CT molecular complexity index is 594. The van der Waals surface area contributed by atoms with Crippen LogP contribution in [-0.4, -0.2) is 23.4 Å². The molecule has 3 rings (SSSR count). The van der Waals surface area contributed by atoms with Crippen LogP contribution in [0.1, 0.15) is 30.1 Å². The number of hydrogen-bond donors (Lipinski definition) is 1. The molecule has 20 heavy (non-hydrogen) atoms. The maximum atomic E-state index is 6.33. The normalized spacial score (nSPS) is 18.1. The van der Waals surface area contributed by atoms with Gasteiger partial charge in [-0.3, -0.25) is 0 Å². The number of halogens is 1. The zero-order valence-corrected chi connectivity index (χ0v) is 12.6. The van der Waals surface area contributed by atoms with Crippen molar-refractivity contribution in [3.05, 3.63) is 46.0 Å². The molecule has 1 saturated heterocycles. The van der Waals surface area contributed by atoms with E-state index in [2.05, 4.69) is 26.1 Å². The Balaban J connectivity index is 1.78. The molecule has 0 spiro atoms. The molecule has 0 saturated carbocycles. The van der Waals surface area contributed by atoms with Gasteiger partial charge in [0.1, 0.15) is 5.54 Å². The van der Waals surface area contributed by atoms with Crippen molar-refractivity contribution in [2.45, 2.75) is 24.8 Å². The molecule has 1 aliphatic rings. The minimum absolute atomic E-state index is 0.517. The fourth-order valence-electron chi connectivity index (χ4n) is 2.29. The molecule has 2 heterocycles. The van der Waals surface area contributed by atoms with E-state index in [-0.39, 0.29) is 0 Å². The molecule has 106 valence electrons. The first-order valence-corrected chi connectivity index (χ1v) is 7.40. The highest BCUT2D eigenvalue weighted by Crippen LogP contribution is 2.28. The van der Waals surface area contributed by atoms with Gasteiger partial charge in [0, 0.05) is 24.1 Å². The van der Waals surface area contributed by atoms with Crippen LogP contribution in [0.3, 0.4) is 0 Å². The Hall–Kier alpha value is -1.24. The average molecular weight is 338 g/mol. The van der Waals surface area contributed by atoms with Gasteiger partial charge in [-0.25, -0.2) is 0 Å². The van der Waals surface area contributed by atoms with Crippen LogP contribution in [0.2, 0.25) is 0 Å². The third kappa shape index (κ3) is 2.77. The summed E-state index contributed by atoms with van der Waals surface area (Å²) in [6.45, 7) is 1.27. The van der Waals surface area contributed by atoms with Gasteiger partial charge in [0.25, 0.3) is 0 Å². The number of nitrogens with two attached hydrogens (primary N) is 1. The zero-order valence-electron chi connectivity index (χ0n) is 11.0. The molecule has 1 aromatic heterocycles. The number of hydrogen-bond acceptors (Lipinski definition) is 5. The second-order valence-corrected chi connectivity index (χ2v) is 5.91. The van der Waals surface area contributed by atoms with Crippen LogP contribution in [0, 0.1) is 0 Å². The van der Waals surface area contributed by atoms with E-state index in [1.54, 1.807) is 0 Å². The average Bonchev–Trinajstić information content (AvgIpc) is 2.92. The van der Waals surface area contributed by atoms with Crippen molar-refractivity contribution in [2.75, 3.05) is 13.2 Å². The topological polar surface area (TPSA) is 74.2 Å². The van der Waals surface area contributed by atoms with Crippen LogP contribution in [0.15, 0.2) is 33.3 Å². The summed E-state index contributed by atoms with van der Waals surface area (Å²) in [6.07, 6.45) is 2.05. The molecule has 2 aromatic rings. The van der Waals surface area contributed by atoms with Crippen molar-refractivity contribution in [1.29, 1.82) is 0 Å². The molecule has 1 fully saturated rings. The first kappa shape index (κ1) is 13.7. The predicted octanol–water partition coefficient (Wildman–Crippen LogP) is 2.39. The van der Waals surface area contributed by atoms with Gasteiger partial charge >= 0.3 is 0 Å². The van der Waals surface area contributed by atoms with Crippen molar-refractivity contribution >= 4 is 15.9 Å². The van der Waals surface area contributed by atoms with Crippen LogP contribution < -0.4 is 5.73 Å². The van der Waals surface area contributed by atoms with E-state index in [4.69, 9.17) is 15.0 Å². The lowest BCUT2D eigenvalue weighted by Gasteiger charge is -2.29. The van der Waals surface area contributed by atoms with Gasteiger partial charge < -0.3 is 15.0 Å². The van der Waals surface area contributed by atoms with Gasteiger partial charge in [0.2, 0.25) is 5.89 Å². The summed E-state index contributed by atoms with van der Waals surface area (Å²) < 4.78 is 11.7. The molecule has 1 aliphatic heterocycles. The first-order valence-electron chi connectivity index (χ1n) is 6.60. The van der Waals surface area contributed by atoms with Crippen LogP contribution in [0.25, 0.3) is 0 Å². The molecule has 2 N–H and O–H groups in total. The van der Waals surface area contributed by atoms with Crippen molar-refractivity contribution in [3.63, 3.8) is 0 Å². The summed E-state index contributed by atoms with van der Waals surface area (Å²) in [5.74, 6) is 1.17. The molecular weight excluding hydrogens is 322 g/mol. The van der Waals surface area contributed by atoms with E-state index >= 15 is 0 Å². The molecule has 0 atom stereocenters. The number of rotatable bonds is 3. The second-order valence-electron chi connectivity index (χ2n) is 5.05. The van der Waals surface area contributed by atoms with Gasteiger partial charge in [-0.1, -0.05) is 39.3 Å². The quantitative estimate of drug-likeness (QED) is 0.930. The Labute approximate surface area is 125 Å². The second kappa shape index (κ2) is 5.63. The van der Waals surface area contributed by atoms with Crippen LogP contribution in [0.5, 0.6) is 0 Å². The van der Waals surface area contributed by atoms with E-state index in [1.165, 1.54) is 0 Å². The summed E-state index contributed by atoms with van der Waals surface area (Å²) in [7, 11) is 0. The highest BCUT2D eigenvalue weighted by molar-refractivity contribution is 9.10. The van der Waals surface area contributed by atoms with E-state index in [0.717, 1.165) is 10.0 Å². The van der Waals surface area contributed by atoms with E-state index in [1.807, 2.05) is 24.3 Å². The van der Waals surface area contributed by atoms with Gasteiger partial charge in [-0.05, 0) is 24.5 Å². The monoisotopic (exact) mass is 337 g/mol. The molecule has 1 aromatic carbocycles. The van der Waals surface area contributed by atoms with Gasteiger partial charge in [-0.2, -0.15) is 4.98 Å². The first-order chi connectivity index (χ1) is 9.67. The minimum Gasteiger partial charge on any atom is -0.381 e. The summed E-state index contributed by atoms with van der Waals surface area (Å²) in [5.41, 5.74) is 6.91. The molecule has 0 amide bonds. The Morgan fingerprint density at radius 3 is 2.75 bits per heavy atom. The lowest BCUT2D eigenvalue weighted by atomic mass is 9.91. The summed E-state index contributed by atoms with van der Waals surface area (Å²) >= 11 is 3.52. The molecule has 0 aliphatic carbocycles. The van der Waals surface area contributed by atoms with Crippen LogP contribution in [-0.2, 0) is 16.7 Å². The molecular formula is C14H16BrN3O2. The van der Waals surface area contributed by atoms with Gasteiger partial charge in [-0.15, -0.1) is 0 Å². The Morgan fingerprint density at radius 2 is 2.00 bits per heavy atom. The maximum Gasteiger partial charge on any atom is 0.246 e. The third-order valence-electron chi connectivity index (χ3n) is 3.59. The van der Waals surface area contributed by atoms with Crippen LogP contribution >= 0.6 is 15.9 Å². The Morgan fingerprint density at radius 1 is 1.25 bits per heavy atom. The fourth-order valence-corrected chi connectivity index (χ4v) is 2.71. The minimum atomic E-state index is -0.544. The Kier molecular flexibility index (Phi) is 3.87.